The molecule has 0 atom stereocenters. The van der Waals surface area contributed by atoms with Crippen molar-refractivity contribution in [3.8, 4) is 11.5 Å². The number of ether oxygens (including phenoxy) is 1. The number of phenols is 1. The number of hydrogen-bond acceptors (Lipinski definition) is 6. The standard InChI is InChI=1S/C13H11N3O2S/c1-18-11-3-2-8(6-10(11)17)16-12-9-4-5-19-13(9)15-7-14-12/h2-7,17H,1H3,(H,14,15,16). The molecule has 0 saturated heterocycles. The Morgan fingerprint density at radius 2 is 2.16 bits per heavy atom. The normalized spacial score (nSPS) is 10.6. The molecule has 0 fully saturated rings. The number of thiophene rings is 1. The van der Waals surface area contributed by atoms with Crippen LogP contribution >= 0.6 is 11.3 Å². The fourth-order valence-electron chi connectivity index (χ4n) is 1.79. The van der Waals surface area contributed by atoms with E-state index in [9.17, 15) is 5.11 Å². The molecule has 6 heteroatoms. The van der Waals surface area contributed by atoms with Crippen LogP contribution in [0.5, 0.6) is 11.5 Å². The smallest absolute Gasteiger partial charge is 0.160 e. The monoisotopic (exact) mass is 273 g/mol. The van der Waals surface area contributed by atoms with E-state index in [1.54, 1.807) is 23.5 Å². The average Bonchev–Trinajstić information content (AvgIpc) is 2.88. The molecule has 0 aliphatic rings. The highest BCUT2D eigenvalue weighted by atomic mass is 32.1. The van der Waals surface area contributed by atoms with Crippen molar-refractivity contribution < 1.29 is 9.84 Å². The lowest BCUT2D eigenvalue weighted by molar-refractivity contribution is 0.373. The van der Waals surface area contributed by atoms with Crippen molar-refractivity contribution >= 4 is 33.1 Å². The van der Waals surface area contributed by atoms with Gasteiger partial charge in [0.25, 0.3) is 0 Å². The Morgan fingerprint density at radius 3 is 2.95 bits per heavy atom. The van der Waals surface area contributed by atoms with Crippen molar-refractivity contribution in [3.05, 3.63) is 36.0 Å². The summed E-state index contributed by atoms with van der Waals surface area (Å²) >= 11 is 1.56. The van der Waals surface area contributed by atoms with Crippen LogP contribution in [0.4, 0.5) is 11.5 Å². The van der Waals surface area contributed by atoms with Gasteiger partial charge < -0.3 is 15.2 Å². The van der Waals surface area contributed by atoms with Gasteiger partial charge in [-0.3, -0.25) is 0 Å². The van der Waals surface area contributed by atoms with Crippen LogP contribution in [0.1, 0.15) is 0 Å². The van der Waals surface area contributed by atoms with Crippen LogP contribution in [0.3, 0.4) is 0 Å². The number of aromatic nitrogens is 2. The van der Waals surface area contributed by atoms with Crippen molar-refractivity contribution in [3.63, 3.8) is 0 Å². The maximum absolute atomic E-state index is 9.75. The maximum Gasteiger partial charge on any atom is 0.160 e. The summed E-state index contributed by atoms with van der Waals surface area (Å²) in [6.07, 6.45) is 1.52. The fraction of sp³-hybridized carbons (Fsp3) is 0.0769. The topological polar surface area (TPSA) is 67.3 Å². The van der Waals surface area contributed by atoms with E-state index >= 15 is 0 Å². The molecule has 2 aromatic heterocycles. The quantitative estimate of drug-likeness (QED) is 0.767. The molecular weight excluding hydrogens is 262 g/mol. The highest BCUT2D eigenvalue weighted by Gasteiger charge is 2.07. The summed E-state index contributed by atoms with van der Waals surface area (Å²) in [6, 6.07) is 7.08. The lowest BCUT2D eigenvalue weighted by atomic mass is 10.2. The molecule has 0 radical (unpaired) electrons. The molecule has 0 saturated carbocycles. The van der Waals surface area contributed by atoms with Gasteiger partial charge in [0.1, 0.15) is 17.0 Å². The van der Waals surface area contributed by atoms with Crippen LogP contribution in [0.25, 0.3) is 10.2 Å². The molecule has 2 heterocycles. The second-order valence-electron chi connectivity index (χ2n) is 3.87. The van der Waals surface area contributed by atoms with Crippen molar-refractivity contribution in [2.24, 2.45) is 0 Å². The van der Waals surface area contributed by atoms with E-state index in [2.05, 4.69) is 15.3 Å². The highest BCUT2D eigenvalue weighted by molar-refractivity contribution is 7.16. The lowest BCUT2D eigenvalue weighted by Gasteiger charge is -2.08. The first-order valence-electron chi connectivity index (χ1n) is 5.60. The molecule has 19 heavy (non-hydrogen) atoms. The average molecular weight is 273 g/mol. The SMILES string of the molecule is COc1ccc(Nc2ncnc3sccc23)cc1O. The zero-order valence-corrected chi connectivity index (χ0v) is 10.9. The number of anilines is 2. The number of benzene rings is 1. The second-order valence-corrected chi connectivity index (χ2v) is 4.77. The Kier molecular flexibility index (Phi) is 2.92. The third-order valence-corrected chi connectivity index (χ3v) is 3.52. The molecule has 2 N–H and O–H groups in total. The van der Waals surface area contributed by atoms with Crippen molar-refractivity contribution in [1.82, 2.24) is 9.97 Å². The molecule has 0 bridgehead atoms. The van der Waals surface area contributed by atoms with Crippen molar-refractivity contribution in [2.75, 3.05) is 12.4 Å². The molecule has 3 aromatic rings. The summed E-state index contributed by atoms with van der Waals surface area (Å²) in [5.74, 6) is 1.24. The molecule has 3 rings (SSSR count). The van der Waals surface area contributed by atoms with Gasteiger partial charge in [-0.2, -0.15) is 0 Å². The number of fused-ring (bicyclic) bond motifs is 1. The van der Waals surface area contributed by atoms with Gasteiger partial charge in [-0.05, 0) is 23.6 Å². The first-order chi connectivity index (χ1) is 9.28. The van der Waals surface area contributed by atoms with Crippen LogP contribution < -0.4 is 10.1 Å². The van der Waals surface area contributed by atoms with Gasteiger partial charge in [-0.1, -0.05) is 0 Å². The second kappa shape index (κ2) is 4.74. The van der Waals surface area contributed by atoms with Gasteiger partial charge in [0, 0.05) is 11.8 Å². The van der Waals surface area contributed by atoms with Gasteiger partial charge >= 0.3 is 0 Å². The number of phenolic OH excluding ortho intramolecular Hbond substituents is 1. The Morgan fingerprint density at radius 1 is 1.26 bits per heavy atom. The maximum atomic E-state index is 9.75. The number of methoxy groups -OCH3 is 1. The zero-order chi connectivity index (χ0) is 13.2. The summed E-state index contributed by atoms with van der Waals surface area (Å²) in [7, 11) is 1.52. The molecule has 0 aliphatic heterocycles. The first kappa shape index (κ1) is 11.7. The van der Waals surface area contributed by atoms with Gasteiger partial charge in [-0.25, -0.2) is 9.97 Å². The summed E-state index contributed by atoms with van der Waals surface area (Å²) < 4.78 is 5.01. The number of aromatic hydroxyl groups is 1. The van der Waals surface area contributed by atoms with E-state index in [-0.39, 0.29) is 5.75 Å². The molecule has 5 nitrogen and oxygen atoms in total. The molecule has 96 valence electrons. The summed E-state index contributed by atoms with van der Waals surface area (Å²) in [5.41, 5.74) is 0.740. The van der Waals surface area contributed by atoms with E-state index in [4.69, 9.17) is 4.74 Å². The fourth-order valence-corrected chi connectivity index (χ4v) is 2.53. The Labute approximate surface area is 113 Å². The third kappa shape index (κ3) is 2.17. The van der Waals surface area contributed by atoms with Gasteiger partial charge in [0.05, 0.1) is 12.5 Å². The van der Waals surface area contributed by atoms with E-state index in [0.29, 0.717) is 5.75 Å². The largest absolute Gasteiger partial charge is 0.504 e. The van der Waals surface area contributed by atoms with Crippen molar-refractivity contribution in [1.29, 1.82) is 0 Å². The molecular formula is C13H11N3O2S. The zero-order valence-electron chi connectivity index (χ0n) is 10.1. The van der Waals surface area contributed by atoms with Crippen LogP contribution in [0.2, 0.25) is 0 Å². The number of nitrogens with one attached hydrogen (secondary N) is 1. The lowest BCUT2D eigenvalue weighted by Crippen LogP contribution is -1.95. The predicted molar refractivity (Wildman–Crippen MR) is 75.4 cm³/mol. The molecule has 0 unspecified atom stereocenters. The van der Waals surface area contributed by atoms with E-state index in [1.807, 2.05) is 17.5 Å². The van der Waals surface area contributed by atoms with E-state index in [0.717, 1.165) is 21.7 Å². The first-order valence-corrected chi connectivity index (χ1v) is 6.48. The molecule has 0 amide bonds. The van der Waals surface area contributed by atoms with E-state index < -0.39 is 0 Å². The third-order valence-electron chi connectivity index (χ3n) is 2.70. The minimum Gasteiger partial charge on any atom is -0.504 e. The Bertz CT molecular complexity index is 727. The summed E-state index contributed by atoms with van der Waals surface area (Å²) in [5, 5.41) is 15.8. The molecule has 1 aromatic carbocycles. The van der Waals surface area contributed by atoms with E-state index in [1.165, 1.54) is 13.4 Å². The predicted octanol–water partition coefficient (Wildman–Crippen LogP) is 3.15. The number of hydrogen-bond donors (Lipinski definition) is 2. The van der Waals surface area contributed by atoms with Gasteiger partial charge in [-0.15, -0.1) is 11.3 Å². The Balaban J connectivity index is 1.97. The highest BCUT2D eigenvalue weighted by Crippen LogP contribution is 2.31. The minimum atomic E-state index is 0.0862. The van der Waals surface area contributed by atoms with Gasteiger partial charge in [0.2, 0.25) is 0 Å². The number of rotatable bonds is 3. The molecule has 0 aliphatic carbocycles. The molecule has 0 spiro atoms. The summed E-state index contributed by atoms with van der Waals surface area (Å²) in [4.78, 5) is 9.33. The Hall–Kier alpha value is -2.34. The van der Waals surface area contributed by atoms with Crippen LogP contribution in [0, 0.1) is 0 Å². The van der Waals surface area contributed by atoms with Crippen LogP contribution in [-0.4, -0.2) is 22.2 Å². The van der Waals surface area contributed by atoms with Crippen molar-refractivity contribution in [2.45, 2.75) is 0 Å². The van der Waals surface area contributed by atoms with Crippen LogP contribution in [0.15, 0.2) is 36.0 Å². The minimum absolute atomic E-state index is 0.0862. The van der Waals surface area contributed by atoms with Gasteiger partial charge in [0.15, 0.2) is 11.5 Å². The number of nitrogens with zero attached hydrogens (tertiary/aromatic N) is 2. The van der Waals surface area contributed by atoms with Crippen LogP contribution in [-0.2, 0) is 0 Å². The summed E-state index contributed by atoms with van der Waals surface area (Å²) in [6.45, 7) is 0.